The van der Waals surface area contributed by atoms with Gasteiger partial charge in [-0.2, -0.15) is 0 Å². The number of hydrogen-bond donors (Lipinski definition) is 3. The van der Waals surface area contributed by atoms with Gasteiger partial charge in [-0.3, -0.25) is 9.59 Å². The van der Waals surface area contributed by atoms with Crippen molar-refractivity contribution < 1.29 is 9.18 Å². The van der Waals surface area contributed by atoms with Crippen LogP contribution >= 0.6 is 24.8 Å². The highest BCUT2D eigenvalue weighted by atomic mass is 35.5. The summed E-state index contributed by atoms with van der Waals surface area (Å²) in [5, 5.41) is 6.42. The van der Waals surface area contributed by atoms with Crippen molar-refractivity contribution in [3.05, 3.63) is 62.3 Å². The molecule has 1 amide bonds. The molecule has 1 aromatic carbocycles. The summed E-state index contributed by atoms with van der Waals surface area (Å²) < 4.78 is 14.8. The Balaban J connectivity index is 0.00000324. The molecular formula is C27H41Cl2FN4O2. The van der Waals surface area contributed by atoms with Gasteiger partial charge in [0.25, 0.3) is 11.5 Å². The zero-order valence-corrected chi connectivity index (χ0v) is 24.0. The zero-order chi connectivity index (χ0) is 25.2. The Labute approximate surface area is 226 Å². The van der Waals surface area contributed by atoms with Crippen LogP contribution in [0.4, 0.5) is 10.1 Å². The minimum absolute atomic E-state index is 0. The van der Waals surface area contributed by atoms with Crippen LogP contribution in [0.3, 0.4) is 0 Å². The molecule has 202 valence electrons. The van der Waals surface area contributed by atoms with E-state index in [1.165, 1.54) is 12.1 Å². The van der Waals surface area contributed by atoms with Crippen molar-refractivity contribution in [3.63, 3.8) is 0 Å². The predicted molar refractivity (Wildman–Crippen MR) is 151 cm³/mol. The molecule has 2 atom stereocenters. The van der Waals surface area contributed by atoms with Crippen LogP contribution in [0.1, 0.15) is 86.1 Å². The van der Waals surface area contributed by atoms with Gasteiger partial charge >= 0.3 is 0 Å². The molecule has 2 heterocycles. The Morgan fingerprint density at radius 3 is 2.31 bits per heavy atom. The Morgan fingerprint density at radius 1 is 1.14 bits per heavy atom. The second-order valence-electron chi connectivity index (χ2n) is 10.0. The normalized spacial score (nSPS) is 19.3. The van der Waals surface area contributed by atoms with E-state index in [1.807, 2.05) is 33.8 Å². The first kappa shape index (κ1) is 31.9. The predicted octanol–water partition coefficient (Wildman–Crippen LogP) is 5.38. The SMILES string of the molecule is CCN(c1cc(F)cc(C(=O)NCc2c(C(C)C)cc(C)[nH]c2=O)c1C)C1C[C@@H](C)N[C@H](C)C1.Cl.Cl. The molecule has 3 N–H and O–H groups in total. The highest BCUT2D eigenvalue weighted by Gasteiger charge is 2.29. The number of aromatic nitrogens is 1. The number of H-pyrrole nitrogens is 1. The van der Waals surface area contributed by atoms with E-state index < -0.39 is 5.82 Å². The number of piperidine rings is 1. The molecule has 0 radical (unpaired) electrons. The summed E-state index contributed by atoms with van der Waals surface area (Å²) in [6.07, 6.45) is 1.92. The summed E-state index contributed by atoms with van der Waals surface area (Å²) in [6, 6.07) is 5.79. The number of nitrogens with one attached hydrogen (secondary N) is 3. The molecule has 1 aliphatic heterocycles. The van der Waals surface area contributed by atoms with Crippen molar-refractivity contribution in [2.45, 2.75) is 91.9 Å². The van der Waals surface area contributed by atoms with Crippen LogP contribution in [-0.4, -0.2) is 35.6 Å². The number of carbonyl (C=O) groups is 1. The molecule has 0 unspecified atom stereocenters. The lowest BCUT2D eigenvalue weighted by molar-refractivity contribution is 0.0949. The molecule has 0 bridgehead atoms. The summed E-state index contributed by atoms with van der Waals surface area (Å²) >= 11 is 0. The first-order valence-corrected chi connectivity index (χ1v) is 12.3. The van der Waals surface area contributed by atoms with Crippen molar-refractivity contribution >= 4 is 36.4 Å². The first-order chi connectivity index (χ1) is 16.0. The van der Waals surface area contributed by atoms with E-state index in [4.69, 9.17) is 0 Å². The van der Waals surface area contributed by atoms with Gasteiger partial charge in [0, 0.05) is 53.7 Å². The Kier molecular flexibility index (Phi) is 11.9. The van der Waals surface area contributed by atoms with Gasteiger partial charge in [0.05, 0.1) is 0 Å². The van der Waals surface area contributed by atoms with Crippen LogP contribution in [0.15, 0.2) is 23.0 Å². The molecule has 36 heavy (non-hydrogen) atoms. The number of aromatic amines is 1. The topological polar surface area (TPSA) is 77.2 Å². The number of pyridine rings is 1. The van der Waals surface area contributed by atoms with Crippen LogP contribution in [-0.2, 0) is 6.54 Å². The lowest BCUT2D eigenvalue weighted by atomic mass is 9.92. The van der Waals surface area contributed by atoms with Crippen LogP contribution in [0.2, 0.25) is 0 Å². The molecule has 1 aromatic heterocycles. The van der Waals surface area contributed by atoms with Gasteiger partial charge < -0.3 is 20.5 Å². The van der Waals surface area contributed by atoms with Gasteiger partial charge in [-0.1, -0.05) is 13.8 Å². The van der Waals surface area contributed by atoms with Gasteiger partial charge in [0.1, 0.15) is 5.82 Å². The van der Waals surface area contributed by atoms with Crippen molar-refractivity contribution in [2.24, 2.45) is 0 Å². The van der Waals surface area contributed by atoms with E-state index in [-0.39, 0.29) is 54.8 Å². The molecule has 0 saturated carbocycles. The van der Waals surface area contributed by atoms with Gasteiger partial charge in [0.15, 0.2) is 0 Å². The van der Waals surface area contributed by atoms with Gasteiger partial charge in [-0.05, 0) is 82.7 Å². The molecule has 0 spiro atoms. The molecule has 1 saturated heterocycles. The van der Waals surface area contributed by atoms with E-state index in [9.17, 15) is 14.0 Å². The van der Waals surface area contributed by atoms with Gasteiger partial charge in [-0.15, -0.1) is 24.8 Å². The second kappa shape index (κ2) is 13.5. The Hall–Kier alpha value is -2.09. The number of benzene rings is 1. The maximum atomic E-state index is 14.8. The maximum Gasteiger partial charge on any atom is 0.253 e. The van der Waals surface area contributed by atoms with Crippen LogP contribution in [0, 0.1) is 19.7 Å². The minimum Gasteiger partial charge on any atom is -0.368 e. The molecule has 0 aliphatic carbocycles. The number of anilines is 1. The Bertz CT molecular complexity index is 1100. The standard InChI is InChI=1S/C27H39FN4O2.2ClH/c1-8-32(21-9-16(4)30-17(5)10-21)25-13-20(28)12-23(19(25)7)26(33)29-14-24-22(15(2)3)11-18(6)31-27(24)34;;/h11-13,15-17,21,30H,8-10,14H2,1-7H3,(H,29,33)(H,31,34);2*1H/t16-,17-;;/m1../s1. The van der Waals surface area contributed by atoms with Gasteiger partial charge in [0.2, 0.25) is 0 Å². The van der Waals surface area contributed by atoms with Gasteiger partial charge in [-0.25, -0.2) is 4.39 Å². The van der Waals surface area contributed by atoms with E-state index in [2.05, 4.69) is 41.3 Å². The third kappa shape index (κ3) is 7.24. The summed E-state index contributed by atoms with van der Waals surface area (Å²) in [6.45, 7) is 15.0. The fraction of sp³-hybridized carbons (Fsp3) is 0.556. The van der Waals surface area contributed by atoms with E-state index >= 15 is 0 Å². The van der Waals surface area contributed by atoms with Crippen molar-refractivity contribution in [2.75, 3.05) is 11.4 Å². The number of amides is 1. The fourth-order valence-electron chi connectivity index (χ4n) is 5.32. The first-order valence-electron chi connectivity index (χ1n) is 12.3. The molecule has 2 aromatic rings. The second-order valence-corrected chi connectivity index (χ2v) is 10.0. The number of nitrogens with zero attached hydrogens (tertiary/aromatic N) is 1. The minimum atomic E-state index is -0.435. The smallest absolute Gasteiger partial charge is 0.253 e. The number of hydrogen-bond acceptors (Lipinski definition) is 4. The third-order valence-corrected chi connectivity index (χ3v) is 6.85. The molecule has 1 fully saturated rings. The monoisotopic (exact) mass is 542 g/mol. The Morgan fingerprint density at radius 2 is 1.75 bits per heavy atom. The highest BCUT2D eigenvalue weighted by Crippen LogP contribution is 2.31. The number of aryl methyl sites for hydroxylation is 1. The summed E-state index contributed by atoms with van der Waals surface area (Å²) in [5.41, 5.74) is 3.85. The fourth-order valence-corrected chi connectivity index (χ4v) is 5.32. The molecule has 9 heteroatoms. The zero-order valence-electron chi connectivity index (χ0n) is 22.3. The largest absolute Gasteiger partial charge is 0.368 e. The summed E-state index contributed by atoms with van der Waals surface area (Å²) in [7, 11) is 0. The molecule has 1 aliphatic rings. The summed E-state index contributed by atoms with van der Waals surface area (Å²) in [4.78, 5) is 30.8. The molecular weight excluding hydrogens is 502 g/mol. The average Bonchev–Trinajstić information content (AvgIpc) is 2.74. The van der Waals surface area contributed by atoms with E-state index in [0.29, 0.717) is 23.2 Å². The number of carbonyl (C=O) groups excluding carboxylic acids is 1. The van der Waals surface area contributed by atoms with Crippen LogP contribution < -0.4 is 21.1 Å². The van der Waals surface area contributed by atoms with Crippen LogP contribution in [0.5, 0.6) is 0 Å². The molecule has 6 nitrogen and oxygen atoms in total. The lowest BCUT2D eigenvalue weighted by Gasteiger charge is -2.41. The average molecular weight is 544 g/mol. The maximum absolute atomic E-state index is 14.8. The lowest BCUT2D eigenvalue weighted by Crippen LogP contribution is -2.51. The number of halogens is 3. The van der Waals surface area contributed by atoms with E-state index in [0.717, 1.165) is 41.9 Å². The van der Waals surface area contributed by atoms with Crippen LogP contribution in [0.25, 0.3) is 0 Å². The van der Waals surface area contributed by atoms with Crippen molar-refractivity contribution in [1.29, 1.82) is 0 Å². The molecule has 3 rings (SSSR count). The number of rotatable bonds is 7. The quantitative estimate of drug-likeness (QED) is 0.438. The third-order valence-electron chi connectivity index (χ3n) is 6.85. The van der Waals surface area contributed by atoms with Crippen molar-refractivity contribution in [3.8, 4) is 0 Å². The highest BCUT2D eigenvalue weighted by molar-refractivity contribution is 5.97. The van der Waals surface area contributed by atoms with Crippen molar-refractivity contribution in [1.82, 2.24) is 15.6 Å². The summed E-state index contributed by atoms with van der Waals surface area (Å²) in [5.74, 6) is -0.672. The van der Waals surface area contributed by atoms with E-state index in [1.54, 1.807) is 0 Å².